The number of ether oxygens (including phenoxy) is 2. The molecule has 2 N–H and O–H groups in total. The Labute approximate surface area is 128 Å². The Morgan fingerprint density at radius 3 is 2.60 bits per heavy atom. The number of methoxy groups -OCH3 is 2. The van der Waals surface area contributed by atoms with Crippen LogP contribution in [0.2, 0.25) is 0 Å². The first-order chi connectivity index (χ1) is 9.69. The van der Waals surface area contributed by atoms with Crippen LogP contribution in [0.3, 0.4) is 0 Å². The average molecular weight is 344 g/mol. The van der Waals surface area contributed by atoms with E-state index < -0.39 is 0 Å². The molecule has 0 aromatic heterocycles. The van der Waals surface area contributed by atoms with Crippen molar-refractivity contribution < 1.29 is 14.6 Å². The highest BCUT2D eigenvalue weighted by atomic mass is 79.9. The standard InChI is InChI=1S/C15H22BrNO3/c1-19-14-6-11(12(16)7-15(14)20-2)8-17-13-5-3-4-10(13)9-18/h6-7,10,13,17-18H,3-5,8-9H2,1-2H3. The van der Waals surface area contributed by atoms with Crippen molar-refractivity contribution in [3.8, 4) is 11.5 Å². The molecule has 0 spiro atoms. The van der Waals surface area contributed by atoms with Crippen molar-refractivity contribution in [2.24, 2.45) is 5.92 Å². The number of rotatable bonds is 6. The molecule has 20 heavy (non-hydrogen) atoms. The summed E-state index contributed by atoms with van der Waals surface area (Å²) in [6.07, 6.45) is 3.44. The molecule has 2 rings (SSSR count). The van der Waals surface area contributed by atoms with Crippen molar-refractivity contribution in [1.82, 2.24) is 5.32 Å². The van der Waals surface area contributed by atoms with Crippen LogP contribution in [-0.2, 0) is 6.54 Å². The van der Waals surface area contributed by atoms with Crippen LogP contribution in [0.15, 0.2) is 16.6 Å². The molecule has 2 atom stereocenters. The number of aliphatic hydroxyl groups is 1. The van der Waals surface area contributed by atoms with Gasteiger partial charge in [-0.15, -0.1) is 0 Å². The van der Waals surface area contributed by atoms with E-state index in [-0.39, 0.29) is 6.61 Å². The average Bonchev–Trinajstić information content (AvgIpc) is 2.93. The molecule has 0 heterocycles. The topological polar surface area (TPSA) is 50.7 Å². The molecule has 0 saturated heterocycles. The first-order valence-electron chi connectivity index (χ1n) is 6.94. The number of nitrogens with one attached hydrogen (secondary N) is 1. The maximum Gasteiger partial charge on any atom is 0.161 e. The molecule has 0 bridgehead atoms. The van der Waals surface area contributed by atoms with Gasteiger partial charge in [0.1, 0.15) is 0 Å². The predicted molar refractivity (Wildman–Crippen MR) is 82.3 cm³/mol. The second kappa shape index (κ2) is 7.29. The molecule has 5 heteroatoms. The molecule has 0 amide bonds. The van der Waals surface area contributed by atoms with Crippen molar-refractivity contribution in [3.63, 3.8) is 0 Å². The van der Waals surface area contributed by atoms with E-state index in [9.17, 15) is 5.11 Å². The first kappa shape index (κ1) is 15.6. The normalized spacial score (nSPS) is 22.0. The lowest BCUT2D eigenvalue weighted by atomic mass is 10.0. The van der Waals surface area contributed by atoms with Crippen molar-refractivity contribution in [2.75, 3.05) is 20.8 Å². The van der Waals surface area contributed by atoms with Crippen LogP contribution >= 0.6 is 15.9 Å². The Morgan fingerprint density at radius 1 is 1.25 bits per heavy atom. The molecule has 2 unspecified atom stereocenters. The third-order valence-electron chi connectivity index (χ3n) is 4.00. The summed E-state index contributed by atoms with van der Waals surface area (Å²) in [5, 5.41) is 12.9. The summed E-state index contributed by atoms with van der Waals surface area (Å²) in [4.78, 5) is 0. The molecule has 112 valence electrons. The number of hydrogen-bond acceptors (Lipinski definition) is 4. The summed E-state index contributed by atoms with van der Waals surface area (Å²) in [5.74, 6) is 1.84. The predicted octanol–water partition coefficient (Wildman–Crippen LogP) is 2.72. The fraction of sp³-hybridized carbons (Fsp3) is 0.600. The number of benzene rings is 1. The van der Waals surface area contributed by atoms with E-state index in [1.807, 2.05) is 12.1 Å². The van der Waals surface area contributed by atoms with Crippen LogP contribution in [0.4, 0.5) is 0 Å². The Balaban J connectivity index is 2.05. The van der Waals surface area contributed by atoms with E-state index in [2.05, 4.69) is 21.2 Å². The van der Waals surface area contributed by atoms with Crippen molar-refractivity contribution in [3.05, 3.63) is 22.2 Å². The van der Waals surface area contributed by atoms with E-state index in [1.165, 1.54) is 6.42 Å². The van der Waals surface area contributed by atoms with Gasteiger partial charge in [-0.1, -0.05) is 22.4 Å². The smallest absolute Gasteiger partial charge is 0.161 e. The summed E-state index contributed by atoms with van der Waals surface area (Å²) in [5.41, 5.74) is 1.13. The van der Waals surface area contributed by atoms with Gasteiger partial charge >= 0.3 is 0 Å². The third-order valence-corrected chi connectivity index (χ3v) is 4.74. The maximum absolute atomic E-state index is 9.35. The molecule has 1 aromatic carbocycles. The SMILES string of the molecule is COc1cc(Br)c(CNC2CCCC2CO)cc1OC. The largest absolute Gasteiger partial charge is 0.493 e. The quantitative estimate of drug-likeness (QED) is 0.833. The van der Waals surface area contributed by atoms with Gasteiger partial charge in [-0.25, -0.2) is 0 Å². The van der Waals surface area contributed by atoms with Gasteiger partial charge in [0.2, 0.25) is 0 Å². The summed E-state index contributed by atoms with van der Waals surface area (Å²) in [6, 6.07) is 4.31. The van der Waals surface area contributed by atoms with E-state index in [0.717, 1.165) is 40.9 Å². The second-order valence-corrected chi connectivity index (χ2v) is 6.01. The molecule has 1 aliphatic carbocycles. The van der Waals surface area contributed by atoms with E-state index in [1.54, 1.807) is 14.2 Å². The van der Waals surface area contributed by atoms with Gasteiger partial charge in [-0.2, -0.15) is 0 Å². The lowest BCUT2D eigenvalue weighted by Gasteiger charge is -2.20. The molecule has 0 aliphatic heterocycles. The van der Waals surface area contributed by atoms with Crippen LogP contribution in [0.1, 0.15) is 24.8 Å². The molecule has 0 radical (unpaired) electrons. The monoisotopic (exact) mass is 343 g/mol. The molecular formula is C15H22BrNO3. The van der Waals surface area contributed by atoms with Crippen molar-refractivity contribution in [2.45, 2.75) is 31.8 Å². The van der Waals surface area contributed by atoms with E-state index in [4.69, 9.17) is 9.47 Å². The van der Waals surface area contributed by atoms with Crippen molar-refractivity contribution in [1.29, 1.82) is 0 Å². The van der Waals surface area contributed by atoms with Gasteiger partial charge in [0, 0.05) is 23.7 Å². The molecule has 1 aliphatic rings. The van der Waals surface area contributed by atoms with Gasteiger partial charge in [0.25, 0.3) is 0 Å². The van der Waals surface area contributed by atoms with Gasteiger partial charge in [0.05, 0.1) is 14.2 Å². The van der Waals surface area contributed by atoms with Crippen LogP contribution < -0.4 is 14.8 Å². The van der Waals surface area contributed by atoms with Gasteiger partial charge in [0.15, 0.2) is 11.5 Å². The van der Waals surface area contributed by atoms with Crippen LogP contribution in [0, 0.1) is 5.92 Å². The highest BCUT2D eigenvalue weighted by Gasteiger charge is 2.26. The number of hydrogen-bond donors (Lipinski definition) is 2. The summed E-state index contributed by atoms with van der Waals surface area (Å²) in [6.45, 7) is 1.02. The lowest BCUT2D eigenvalue weighted by Crippen LogP contribution is -2.33. The molecule has 1 fully saturated rings. The molecule has 1 aromatic rings. The highest BCUT2D eigenvalue weighted by Crippen LogP contribution is 2.33. The zero-order chi connectivity index (χ0) is 14.5. The summed E-state index contributed by atoms with van der Waals surface area (Å²) in [7, 11) is 3.27. The fourth-order valence-electron chi connectivity index (χ4n) is 2.80. The summed E-state index contributed by atoms with van der Waals surface area (Å²) < 4.78 is 11.6. The lowest BCUT2D eigenvalue weighted by molar-refractivity contribution is 0.205. The molecular weight excluding hydrogens is 322 g/mol. The molecule has 4 nitrogen and oxygen atoms in total. The van der Waals surface area contributed by atoms with Gasteiger partial charge in [-0.05, 0) is 36.5 Å². The van der Waals surface area contributed by atoms with Crippen LogP contribution in [0.25, 0.3) is 0 Å². The van der Waals surface area contributed by atoms with Crippen molar-refractivity contribution >= 4 is 15.9 Å². The Kier molecular flexibility index (Phi) is 5.69. The van der Waals surface area contributed by atoms with Crippen LogP contribution in [0.5, 0.6) is 11.5 Å². The van der Waals surface area contributed by atoms with Crippen LogP contribution in [-0.4, -0.2) is 32.0 Å². The maximum atomic E-state index is 9.35. The number of halogens is 1. The Bertz CT molecular complexity index is 453. The third kappa shape index (κ3) is 3.45. The van der Waals surface area contributed by atoms with E-state index >= 15 is 0 Å². The van der Waals surface area contributed by atoms with Gasteiger partial charge < -0.3 is 19.9 Å². The minimum Gasteiger partial charge on any atom is -0.493 e. The molecule has 1 saturated carbocycles. The van der Waals surface area contributed by atoms with Gasteiger partial charge in [-0.3, -0.25) is 0 Å². The number of aliphatic hydroxyl groups excluding tert-OH is 1. The zero-order valence-electron chi connectivity index (χ0n) is 12.0. The second-order valence-electron chi connectivity index (χ2n) is 5.16. The minimum atomic E-state index is 0.269. The summed E-state index contributed by atoms with van der Waals surface area (Å²) >= 11 is 3.57. The Hall–Kier alpha value is -0.780. The first-order valence-corrected chi connectivity index (χ1v) is 7.73. The Morgan fingerprint density at radius 2 is 1.95 bits per heavy atom. The zero-order valence-corrected chi connectivity index (χ0v) is 13.6. The minimum absolute atomic E-state index is 0.269. The fourth-order valence-corrected chi connectivity index (χ4v) is 3.26. The highest BCUT2D eigenvalue weighted by molar-refractivity contribution is 9.10. The van der Waals surface area contributed by atoms with E-state index in [0.29, 0.717) is 12.0 Å².